The van der Waals surface area contributed by atoms with Gasteiger partial charge in [-0.05, 0) is 32.3 Å². The van der Waals surface area contributed by atoms with E-state index in [1.165, 1.54) is 0 Å². The van der Waals surface area contributed by atoms with Crippen molar-refractivity contribution in [2.45, 2.75) is 0 Å². The van der Waals surface area contributed by atoms with E-state index in [2.05, 4.69) is 22.0 Å². The van der Waals surface area contributed by atoms with E-state index in [4.69, 9.17) is 10.00 Å². The van der Waals surface area contributed by atoms with Crippen molar-refractivity contribution in [3.05, 3.63) is 28.2 Å². The predicted octanol–water partition coefficient (Wildman–Crippen LogP) is 2.26. The molecule has 0 N–H and O–H groups in total. The third-order valence-corrected chi connectivity index (χ3v) is 2.35. The summed E-state index contributed by atoms with van der Waals surface area (Å²) in [5.41, 5.74) is 0.567. The molecule has 80 valence electrons. The molecule has 0 aliphatic carbocycles. The van der Waals surface area contributed by atoms with Crippen LogP contribution in [-0.2, 0) is 0 Å². The van der Waals surface area contributed by atoms with Gasteiger partial charge >= 0.3 is 0 Å². The molecule has 1 aromatic rings. The van der Waals surface area contributed by atoms with Crippen LogP contribution in [-0.4, -0.2) is 32.1 Å². The molecule has 0 radical (unpaired) electrons. The molecular formula is C11H13BrN2O. The average Bonchev–Trinajstić information content (AvgIpc) is 2.17. The second kappa shape index (κ2) is 5.74. The molecule has 4 heteroatoms. The largest absolute Gasteiger partial charge is 0.491 e. The predicted molar refractivity (Wildman–Crippen MR) is 62.9 cm³/mol. The number of halogens is 1. The Morgan fingerprint density at radius 3 is 2.80 bits per heavy atom. The summed E-state index contributed by atoms with van der Waals surface area (Å²) in [6, 6.07) is 7.49. The van der Waals surface area contributed by atoms with Gasteiger partial charge in [-0.2, -0.15) is 5.26 Å². The first-order valence-corrected chi connectivity index (χ1v) is 5.40. The average molecular weight is 269 g/mol. The molecule has 1 aromatic carbocycles. The van der Waals surface area contributed by atoms with E-state index in [0.29, 0.717) is 17.9 Å². The maximum atomic E-state index is 8.86. The molecule has 0 heterocycles. The van der Waals surface area contributed by atoms with Crippen molar-refractivity contribution in [3.8, 4) is 11.8 Å². The number of hydrogen-bond donors (Lipinski definition) is 0. The fourth-order valence-electron chi connectivity index (χ4n) is 1.05. The Bertz CT molecular complexity index is 371. The van der Waals surface area contributed by atoms with Gasteiger partial charge in [-0.3, -0.25) is 0 Å². The van der Waals surface area contributed by atoms with E-state index in [9.17, 15) is 0 Å². The minimum atomic E-state index is 0.567. The van der Waals surface area contributed by atoms with E-state index in [-0.39, 0.29) is 0 Å². The molecule has 0 unspecified atom stereocenters. The van der Waals surface area contributed by atoms with E-state index in [1.807, 2.05) is 31.1 Å². The highest BCUT2D eigenvalue weighted by Gasteiger charge is 2.03. The summed E-state index contributed by atoms with van der Waals surface area (Å²) >= 11 is 3.35. The fraction of sp³-hybridized carbons (Fsp3) is 0.364. The van der Waals surface area contributed by atoms with Gasteiger partial charge in [0.2, 0.25) is 0 Å². The summed E-state index contributed by atoms with van der Waals surface area (Å²) in [5, 5.41) is 8.86. The topological polar surface area (TPSA) is 36.3 Å². The zero-order valence-electron chi connectivity index (χ0n) is 8.83. The van der Waals surface area contributed by atoms with Crippen LogP contribution in [0, 0.1) is 11.3 Å². The SMILES string of the molecule is CN(C)CCOc1cc(Br)ccc1C#N. The maximum absolute atomic E-state index is 8.86. The minimum Gasteiger partial charge on any atom is -0.491 e. The van der Waals surface area contributed by atoms with Gasteiger partial charge in [0.15, 0.2) is 0 Å². The summed E-state index contributed by atoms with van der Waals surface area (Å²) in [5.74, 6) is 0.633. The van der Waals surface area contributed by atoms with Crippen LogP contribution in [0.25, 0.3) is 0 Å². The summed E-state index contributed by atoms with van der Waals surface area (Å²) in [7, 11) is 3.96. The van der Waals surface area contributed by atoms with E-state index in [1.54, 1.807) is 6.07 Å². The molecule has 0 bridgehead atoms. The molecule has 1 rings (SSSR count). The standard InChI is InChI=1S/C11H13BrN2O/c1-14(2)5-6-15-11-7-10(12)4-3-9(11)8-13/h3-4,7H,5-6H2,1-2H3. The molecule has 0 aliphatic rings. The number of rotatable bonds is 4. The zero-order valence-corrected chi connectivity index (χ0v) is 10.4. The molecular weight excluding hydrogens is 256 g/mol. The Hall–Kier alpha value is -1.05. The number of nitrogens with zero attached hydrogens (tertiary/aromatic N) is 2. The van der Waals surface area contributed by atoms with E-state index >= 15 is 0 Å². The van der Waals surface area contributed by atoms with Crippen LogP contribution < -0.4 is 4.74 Å². The van der Waals surface area contributed by atoms with Crippen LogP contribution in [0.2, 0.25) is 0 Å². The highest BCUT2D eigenvalue weighted by atomic mass is 79.9. The first-order chi connectivity index (χ1) is 7.13. The van der Waals surface area contributed by atoms with Gasteiger partial charge in [0, 0.05) is 11.0 Å². The van der Waals surface area contributed by atoms with Gasteiger partial charge in [-0.15, -0.1) is 0 Å². The fourth-order valence-corrected chi connectivity index (χ4v) is 1.39. The number of hydrogen-bond acceptors (Lipinski definition) is 3. The third kappa shape index (κ3) is 3.90. The lowest BCUT2D eigenvalue weighted by Gasteiger charge is -2.11. The summed E-state index contributed by atoms with van der Waals surface area (Å²) in [6.45, 7) is 1.41. The summed E-state index contributed by atoms with van der Waals surface area (Å²) in [6.07, 6.45) is 0. The first kappa shape index (κ1) is 12.0. The molecule has 0 saturated carbocycles. The zero-order chi connectivity index (χ0) is 11.3. The van der Waals surface area contributed by atoms with Crippen molar-refractivity contribution >= 4 is 15.9 Å². The quantitative estimate of drug-likeness (QED) is 0.841. The highest BCUT2D eigenvalue weighted by Crippen LogP contribution is 2.22. The van der Waals surface area contributed by atoms with Gasteiger partial charge in [-0.25, -0.2) is 0 Å². The number of ether oxygens (including phenoxy) is 1. The molecule has 0 atom stereocenters. The van der Waals surface area contributed by atoms with Gasteiger partial charge < -0.3 is 9.64 Å². The van der Waals surface area contributed by atoms with Crippen molar-refractivity contribution in [1.29, 1.82) is 5.26 Å². The molecule has 0 fully saturated rings. The molecule has 0 spiro atoms. The number of likely N-dealkylation sites (N-methyl/N-ethyl adjacent to an activating group) is 1. The number of nitriles is 1. The van der Waals surface area contributed by atoms with E-state index < -0.39 is 0 Å². The highest BCUT2D eigenvalue weighted by molar-refractivity contribution is 9.10. The Morgan fingerprint density at radius 1 is 1.47 bits per heavy atom. The van der Waals surface area contributed by atoms with Crippen LogP contribution in [0.15, 0.2) is 22.7 Å². The van der Waals surface area contributed by atoms with Crippen LogP contribution in [0.1, 0.15) is 5.56 Å². The monoisotopic (exact) mass is 268 g/mol. The van der Waals surface area contributed by atoms with E-state index in [0.717, 1.165) is 11.0 Å². The van der Waals surface area contributed by atoms with Gasteiger partial charge in [-0.1, -0.05) is 15.9 Å². The van der Waals surface area contributed by atoms with Gasteiger partial charge in [0.05, 0.1) is 5.56 Å². The third-order valence-electron chi connectivity index (χ3n) is 1.86. The molecule has 0 aliphatic heterocycles. The molecule has 0 amide bonds. The van der Waals surface area contributed by atoms with Gasteiger partial charge in [0.25, 0.3) is 0 Å². The second-order valence-corrected chi connectivity index (χ2v) is 4.32. The Balaban J connectivity index is 2.67. The Labute approximate surface area is 98.4 Å². The van der Waals surface area contributed by atoms with Crippen molar-refractivity contribution in [3.63, 3.8) is 0 Å². The number of benzene rings is 1. The smallest absolute Gasteiger partial charge is 0.138 e. The summed E-state index contributed by atoms with van der Waals surface area (Å²) in [4.78, 5) is 2.03. The minimum absolute atomic E-state index is 0.567. The maximum Gasteiger partial charge on any atom is 0.138 e. The first-order valence-electron chi connectivity index (χ1n) is 4.60. The van der Waals surface area contributed by atoms with Crippen molar-refractivity contribution in [1.82, 2.24) is 4.90 Å². The second-order valence-electron chi connectivity index (χ2n) is 3.40. The Kier molecular flexibility index (Phi) is 4.60. The van der Waals surface area contributed by atoms with Crippen LogP contribution in [0.3, 0.4) is 0 Å². The van der Waals surface area contributed by atoms with Crippen molar-refractivity contribution in [2.24, 2.45) is 0 Å². The van der Waals surface area contributed by atoms with Crippen LogP contribution in [0.5, 0.6) is 5.75 Å². The van der Waals surface area contributed by atoms with Crippen molar-refractivity contribution < 1.29 is 4.74 Å². The van der Waals surface area contributed by atoms with Crippen molar-refractivity contribution in [2.75, 3.05) is 27.2 Å². The normalized spacial score (nSPS) is 10.1. The lowest BCUT2D eigenvalue weighted by molar-refractivity contribution is 0.261. The lowest BCUT2D eigenvalue weighted by atomic mass is 10.2. The molecule has 3 nitrogen and oxygen atoms in total. The lowest BCUT2D eigenvalue weighted by Crippen LogP contribution is -2.19. The van der Waals surface area contributed by atoms with Gasteiger partial charge in [0.1, 0.15) is 18.4 Å². The molecule has 0 saturated heterocycles. The van der Waals surface area contributed by atoms with Crippen LogP contribution >= 0.6 is 15.9 Å². The summed E-state index contributed by atoms with van der Waals surface area (Å²) < 4.78 is 6.44. The Morgan fingerprint density at radius 2 is 2.20 bits per heavy atom. The van der Waals surface area contributed by atoms with Crippen LogP contribution in [0.4, 0.5) is 0 Å². The molecule has 0 aromatic heterocycles. The molecule has 15 heavy (non-hydrogen) atoms.